The van der Waals surface area contributed by atoms with Crippen LogP contribution < -0.4 is 4.90 Å². The summed E-state index contributed by atoms with van der Waals surface area (Å²) in [6.07, 6.45) is 3.16. The molecule has 1 N–H and O–H groups in total. The van der Waals surface area contributed by atoms with E-state index >= 15 is 0 Å². The van der Waals surface area contributed by atoms with E-state index in [2.05, 4.69) is 9.88 Å². The zero-order valence-electron chi connectivity index (χ0n) is 11.5. The monoisotopic (exact) mass is 267 g/mol. The molecule has 1 aromatic rings. The first-order valence-corrected chi connectivity index (χ1v) is 6.67. The van der Waals surface area contributed by atoms with Crippen LogP contribution in [0.15, 0.2) is 18.3 Å². The van der Waals surface area contributed by atoms with Crippen LogP contribution in [0.2, 0.25) is 0 Å². The summed E-state index contributed by atoms with van der Waals surface area (Å²) >= 11 is 0. The molecule has 1 saturated heterocycles. The number of hydrogen-bond donors (Lipinski definition) is 1. The molecule has 0 radical (unpaired) electrons. The molecule has 6 nitrogen and oxygen atoms in total. The maximum absolute atomic E-state index is 10.5. The van der Waals surface area contributed by atoms with Crippen molar-refractivity contribution in [1.29, 1.82) is 0 Å². The van der Waals surface area contributed by atoms with E-state index in [1.807, 2.05) is 13.8 Å². The zero-order valence-corrected chi connectivity index (χ0v) is 11.5. The second-order valence-electron chi connectivity index (χ2n) is 4.24. The second kappa shape index (κ2) is 7.68. The number of anilines is 1. The molecule has 0 amide bonds. The molecular formula is C13H21N3O3. The molecule has 1 fully saturated rings. The van der Waals surface area contributed by atoms with Crippen LogP contribution in [0.1, 0.15) is 26.7 Å². The van der Waals surface area contributed by atoms with E-state index in [0.29, 0.717) is 5.92 Å². The van der Waals surface area contributed by atoms with Crippen LogP contribution in [-0.4, -0.2) is 34.7 Å². The lowest BCUT2D eigenvalue weighted by molar-refractivity contribution is -0.385. The van der Waals surface area contributed by atoms with Crippen LogP contribution in [-0.2, 0) is 0 Å². The lowest BCUT2D eigenvalue weighted by Gasteiger charge is -2.31. The summed E-state index contributed by atoms with van der Waals surface area (Å²) < 4.78 is 0. The summed E-state index contributed by atoms with van der Waals surface area (Å²) in [4.78, 5) is 16.2. The van der Waals surface area contributed by atoms with Crippen molar-refractivity contribution in [3.8, 4) is 0 Å². The Morgan fingerprint density at radius 2 is 2.05 bits per heavy atom. The number of rotatable bonds is 3. The Labute approximate surface area is 113 Å². The highest BCUT2D eigenvalue weighted by Crippen LogP contribution is 2.22. The fourth-order valence-corrected chi connectivity index (χ4v) is 2.02. The van der Waals surface area contributed by atoms with Crippen molar-refractivity contribution < 1.29 is 10.0 Å². The van der Waals surface area contributed by atoms with Crippen molar-refractivity contribution in [2.45, 2.75) is 26.7 Å². The quantitative estimate of drug-likeness (QED) is 0.671. The molecule has 19 heavy (non-hydrogen) atoms. The Morgan fingerprint density at radius 1 is 1.42 bits per heavy atom. The highest BCUT2D eigenvalue weighted by atomic mass is 16.6. The number of aromatic nitrogens is 1. The van der Waals surface area contributed by atoms with Crippen molar-refractivity contribution in [3.63, 3.8) is 0 Å². The summed E-state index contributed by atoms with van der Waals surface area (Å²) in [6, 6.07) is 3.15. The molecule has 0 saturated carbocycles. The second-order valence-corrected chi connectivity index (χ2v) is 4.24. The summed E-state index contributed by atoms with van der Waals surface area (Å²) in [5.41, 5.74) is 0.0130. The lowest BCUT2D eigenvalue weighted by atomic mass is 9.98. The van der Waals surface area contributed by atoms with Crippen LogP contribution in [0.4, 0.5) is 11.5 Å². The molecule has 1 aliphatic heterocycles. The van der Waals surface area contributed by atoms with Gasteiger partial charge < -0.3 is 10.0 Å². The molecule has 2 rings (SSSR count). The van der Waals surface area contributed by atoms with Gasteiger partial charge in [0.2, 0.25) is 0 Å². The minimum Gasteiger partial charge on any atom is -0.396 e. The first-order valence-electron chi connectivity index (χ1n) is 6.67. The van der Waals surface area contributed by atoms with Gasteiger partial charge in [0.05, 0.1) is 4.92 Å². The van der Waals surface area contributed by atoms with Gasteiger partial charge in [0, 0.05) is 25.8 Å². The number of nitro groups is 1. The molecule has 6 heteroatoms. The first kappa shape index (κ1) is 15.4. The van der Waals surface area contributed by atoms with Crippen LogP contribution in [0.5, 0.6) is 0 Å². The highest BCUT2D eigenvalue weighted by molar-refractivity contribution is 5.43. The smallest absolute Gasteiger partial charge is 0.287 e. The number of hydrogen-bond acceptors (Lipinski definition) is 5. The van der Waals surface area contributed by atoms with Gasteiger partial charge in [0.15, 0.2) is 0 Å². The number of aliphatic hydroxyl groups is 1. The van der Waals surface area contributed by atoms with Crippen molar-refractivity contribution in [2.75, 3.05) is 24.6 Å². The minimum atomic E-state index is -0.450. The maximum Gasteiger partial charge on any atom is 0.287 e. The maximum atomic E-state index is 10.5. The Kier molecular flexibility index (Phi) is 6.21. The number of pyridine rings is 1. The highest BCUT2D eigenvalue weighted by Gasteiger charge is 2.19. The zero-order chi connectivity index (χ0) is 14.3. The normalized spacial score (nSPS) is 15.6. The molecule has 0 atom stereocenters. The van der Waals surface area contributed by atoms with Gasteiger partial charge in [-0.2, -0.15) is 0 Å². The average molecular weight is 267 g/mol. The topological polar surface area (TPSA) is 79.5 Å². The number of nitrogens with zero attached hydrogens (tertiary/aromatic N) is 3. The predicted octanol–water partition coefficient (Wildman–Crippen LogP) is 2.22. The van der Waals surface area contributed by atoms with Crippen molar-refractivity contribution >= 4 is 11.5 Å². The SMILES string of the molecule is CC.O=[N+]([O-])c1ccc(N2CCC(CO)CC2)nc1. The summed E-state index contributed by atoms with van der Waals surface area (Å²) in [7, 11) is 0. The Balaban J connectivity index is 0.000000861. The van der Waals surface area contributed by atoms with Gasteiger partial charge in [-0.15, -0.1) is 0 Å². The van der Waals surface area contributed by atoms with Gasteiger partial charge in [-0.05, 0) is 24.8 Å². The molecule has 0 aliphatic carbocycles. The van der Waals surface area contributed by atoms with Gasteiger partial charge in [-0.3, -0.25) is 10.1 Å². The third kappa shape index (κ3) is 4.17. The van der Waals surface area contributed by atoms with Gasteiger partial charge >= 0.3 is 0 Å². The standard InChI is InChI=1S/C11H15N3O3.C2H6/c15-8-9-3-5-13(6-4-9)11-2-1-10(7-12-11)14(16)17;1-2/h1-2,7,9,15H,3-6,8H2;1-2H3. The van der Waals surface area contributed by atoms with E-state index in [1.165, 1.54) is 12.3 Å². The summed E-state index contributed by atoms with van der Waals surface area (Å²) in [5.74, 6) is 1.15. The molecule has 2 heterocycles. The van der Waals surface area contributed by atoms with Crippen molar-refractivity contribution in [3.05, 3.63) is 28.4 Å². The number of aliphatic hydroxyl groups excluding tert-OH is 1. The molecule has 0 unspecified atom stereocenters. The van der Waals surface area contributed by atoms with Crippen LogP contribution in [0.3, 0.4) is 0 Å². The molecular weight excluding hydrogens is 246 g/mol. The molecule has 0 aromatic carbocycles. The number of piperidine rings is 1. The van der Waals surface area contributed by atoms with Gasteiger partial charge in [0.25, 0.3) is 5.69 Å². The van der Waals surface area contributed by atoms with Gasteiger partial charge in [-0.1, -0.05) is 13.8 Å². The fourth-order valence-electron chi connectivity index (χ4n) is 2.02. The fraction of sp³-hybridized carbons (Fsp3) is 0.615. The average Bonchev–Trinajstić information content (AvgIpc) is 2.49. The summed E-state index contributed by atoms with van der Waals surface area (Å²) in [5, 5.41) is 19.5. The molecule has 1 aliphatic rings. The van der Waals surface area contributed by atoms with Gasteiger partial charge in [-0.25, -0.2) is 4.98 Å². The van der Waals surface area contributed by atoms with E-state index in [-0.39, 0.29) is 12.3 Å². The van der Waals surface area contributed by atoms with E-state index in [0.717, 1.165) is 31.7 Å². The van der Waals surface area contributed by atoms with E-state index in [4.69, 9.17) is 5.11 Å². The molecule has 0 bridgehead atoms. The Bertz CT molecular complexity index is 387. The minimum absolute atomic E-state index is 0.0130. The summed E-state index contributed by atoms with van der Waals surface area (Å²) in [6.45, 7) is 5.92. The van der Waals surface area contributed by atoms with Crippen molar-refractivity contribution in [2.24, 2.45) is 5.92 Å². The molecule has 0 spiro atoms. The molecule has 106 valence electrons. The first-order chi connectivity index (χ1) is 9.20. The molecule has 1 aromatic heterocycles. The third-order valence-electron chi connectivity index (χ3n) is 3.14. The predicted molar refractivity (Wildman–Crippen MR) is 74.3 cm³/mol. The van der Waals surface area contributed by atoms with E-state index in [9.17, 15) is 10.1 Å². The largest absolute Gasteiger partial charge is 0.396 e. The van der Waals surface area contributed by atoms with Gasteiger partial charge in [0.1, 0.15) is 12.0 Å². The lowest BCUT2D eigenvalue weighted by Crippen LogP contribution is -2.35. The van der Waals surface area contributed by atoms with Crippen LogP contribution in [0, 0.1) is 16.0 Å². The van der Waals surface area contributed by atoms with Crippen LogP contribution >= 0.6 is 0 Å². The Hall–Kier alpha value is -1.69. The van der Waals surface area contributed by atoms with E-state index in [1.54, 1.807) is 6.07 Å². The van der Waals surface area contributed by atoms with Crippen molar-refractivity contribution in [1.82, 2.24) is 4.98 Å². The third-order valence-corrected chi connectivity index (χ3v) is 3.14. The van der Waals surface area contributed by atoms with Crippen LogP contribution in [0.25, 0.3) is 0 Å². The van der Waals surface area contributed by atoms with E-state index < -0.39 is 4.92 Å². The Morgan fingerprint density at radius 3 is 2.47 bits per heavy atom.